The van der Waals surface area contributed by atoms with Gasteiger partial charge in [-0.1, -0.05) is 0 Å². The maximum absolute atomic E-state index is 5.25. The predicted octanol–water partition coefficient (Wildman–Crippen LogP) is 2.42. The van der Waals surface area contributed by atoms with Crippen molar-refractivity contribution < 1.29 is 4.74 Å². The second kappa shape index (κ2) is 5.92. The van der Waals surface area contributed by atoms with Gasteiger partial charge in [0, 0.05) is 12.2 Å². The predicted molar refractivity (Wildman–Crippen MR) is 71.8 cm³/mol. The quantitative estimate of drug-likeness (QED) is 0.821. The van der Waals surface area contributed by atoms with Crippen LogP contribution in [0.1, 0.15) is 18.4 Å². The van der Waals surface area contributed by atoms with Crippen molar-refractivity contribution in [1.82, 2.24) is 5.32 Å². The Balaban J connectivity index is 1.80. The van der Waals surface area contributed by atoms with E-state index in [1.807, 2.05) is 6.07 Å². The summed E-state index contributed by atoms with van der Waals surface area (Å²) in [5, 5.41) is 6.88. The van der Waals surface area contributed by atoms with Crippen LogP contribution in [-0.4, -0.2) is 26.7 Å². The fourth-order valence-electron chi connectivity index (χ4n) is 2.37. The number of hydrogen-bond donors (Lipinski definition) is 2. The van der Waals surface area contributed by atoms with E-state index < -0.39 is 0 Å². The fourth-order valence-corrected chi connectivity index (χ4v) is 2.37. The average Bonchev–Trinajstić information content (AvgIpc) is 2.82. The molecule has 0 saturated carbocycles. The lowest BCUT2D eigenvalue weighted by atomic mass is 10.1. The van der Waals surface area contributed by atoms with E-state index in [-0.39, 0.29) is 0 Å². The van der Waals surface area contributed by atoms with E-state index in [9.17, 15) is 0 Å². The topological polar surface area (TPSA) is 33.3 Å². The van der Waals surface area contributed by atoms with Crippen molar-refractivity contribution in [2.75, 3.05) is 32.1 Å². The summed E-state index contributed by atoms with van der Waals surface area (Å²) in [6, 6.07) is 6.25. The maximum Gasteiger partial charge on any atom is 0.121 e. The van der Waals surface area contributed by atoms with Gasteiger partial charge in [0.05, 0.1) is 7.11 Å². The smallest absolute Gasteiger partial charge is 0.121 e. The minimum absolute atomic E-state index is 0.849. The largest absolute Gasteiger partial charge is 0.496 e. The van der Waals surface area contributed by atoms with Crippen molar-refractivity contribution >= 4 is 5.69 Å². The number of rotatable bonds is 5. The molecule has 1 aromatic rings. The molecule has 17 heavy (non-hydrogen) atoms. The summed E-state index contributed by atoms with van der Waals surface area (Å²) in [5.74, 6) is 1.80. The van der Waals surface area contributed by atoms with Crippen molar-refractivity contribution in [3.05, 3.63) is 23.8 Å². The van der Waals surface area contributed by atoms with Crippen LogP contribution in [0, 0.1) is 12.8 Å². The number of hydrogen-bond acceptors (Lipinski definition) is 3. The van der Waals surface area contributed by atoms with Gasteiger partial charge in [0.2, 0.25) is 0 Å². The Bertz CT molecular complexity index is 359. The number of aryl methyl sites for hydroxylation is 1. The molecule has 1 aliphatic rings. The first-order valence-electron chi connectivity index (χ1n) is 6.39. The Morgan fingerprint density at radius 2 is 2.35 bits per heavy atom. The fraction of sp³-hybridized carbons (Fsp3) is 0.571. The highest BCUT2D eigenvalue weighted by atomic mass is 16.5. The number of benzene rings is 1. The summed E-state index contributed by atoms with van der Waals surface area (Å²) < 4.78 is 5.25. The van der Waals surface area contributed by atoms with E-state index in [0.717, 1.165) is 18.2 Å². The molecule has 1 aliphatic heterocycles. The van der Waals surface area contributed by atoms with Gasteiger partial charge in [-0.3, -0.25) is 0 Å². The SMILES string of the molecule is COc1ccc(NCCC2CCNC2)cc1C. The first-order valence-corrected chi connectivity index (χ1v) is 6.39. The minimum Gasteiger partial charge on any atom is -0.496 e. The van der Waals surface area contributed by atoms with Crippen LogP contribution in [-0.2, 0) is 0 Å². The molecule has 94 valence electrons. The standard InChI is InChI=1S/C14H22N2O/c1-11-9-13(3-4-14(11)17-2)16-8-6-12-5-7-15-10-12/h3-4,9,12,15-16H,5-8,10H2,1-2H3. The Hall–Kier alpha value is -1.22. The van der Waals surface area contributed by atoms with Crippen LogP contribution in [0.3, 0.4) is 0 Å². The van der Waals surface area contributed by atoms with Crippen molar-refractivity contribution in [2.45, 2.75) is 19.8 Å². The third kappa shape index (κ3) is 3.37. The zero-order valence-corrected chi connectivity index (χ0v) is 10.8. The van der Waals surface area contributed by atoms with E-state index in [1.54, 1.807) is 7.11 Å². The monoisotopic (exact) mass is 234 g/mol. The van der Waals surface area contributed by atoms with E-state index in [2.05, 4.69) is 29.7 Å². The molecule has 1 heterocycles. The molecular formula is C14H22N2O. The first kappa shape index (κ1) is 12.2. The molecule has 0 spiro atoms. The molecule has 2 rings (SSSR count). The number of ether oxygens (including phenoxy) is 1. The molecule has 0 aliphatic carbocycles. The van der Waals surface area contributed by atoms with E-state index in [1.165, 1.54) is 37.2 Å². The van der Waals surface area contributed by atoms with Crippen LogP contribution in [0.15, 0.2) is 18.2 Å². The molecule has 0 aromatic heterocycles. The molecule has 0 bridgehead atoms. The molecule has 1 saturated heterocycles. The van der Waals surface area contributed by atoms with Crippen molar-refractivity contribution in [3.63, 3.8) is 0 Å². The van der Waals surface area contributed by atoms with Gasteiger partial charge in [0.15, 0.2) is 0 Å². The van der Waals surface area contributed by atoms with Gasteiger partial charge in [0.1, 0.15) is 5.75 Å². The lowest BCUT2D eigenvalue weighted by Crippen LogP contribution is -2.12. The summed E-state index contributed by atoms with van der Waals surface area (Å²) in [6.07, 6.45) is 2.57. The molecule has 0 amide bonds. The number of methoxy groups -OCH3 is 1. The first-order chi connectivity index (χ1) is 8.29. The Kier molecular flexibility index (Phi) is 4.26. The van der Waals surface area contributed by atoms with Gasteiger partial charge in [-0.05, 0) is 62.5 Å². The second-order valence-corrected chi connectivity index (χ2v) is 4.76. The Morgan fingerprint density at radius 1 is 1.47 bits per heavy atom. The average molecular weight is 234 g/mol. The van der Waals surface area contributed by atoms with Gasteiger partial charge < -0.3 is 15.4 Å². The van der Waals surface area contributed by atoms with Gasteiger partial charge in [-0.15, -0.1) is 0 Å². The van der Waals surface area contributed by atoms with Gasteiger partial charge in [-0.2, -0.15) is 0 Å². The molecule has 3 heteroatoms. The maximum atomic E-state index is 5.25. The Morgan fingerprint density at radius 3 is 3.00 bits per heavy atom. The van der Waals surface area contributed by atoms with Crippen LogP contribution >= 0.6 is 0 Å². The summed E-state index contributed by atoms with van der Waals surface area (Å²) in [6.45, 7) is 5.50. The highest BCUT2D eigenvalue weighted by molar-refractivity contribution is 5.50. The van der Waals surface area contributed by atoms with E-state index in [4.69, 9.17) is 4.74 Å². The van der Waals surface area contributed by atoms with Crippen LogP contribution < -0.4 is 15.4 Å². The number of nitrogens with one attached hydrogen (secondary N) is 2. The van der Waals surface area contributed by atoms with Crippen LogP contribution in [0.4, 0.5) is 5.69 Å². The number of anilines is 1. The molecule has 3 nitrogen and oxygen atoms in total. The normalized spacial score (nSPS) is 19.3. The zero-order valence-electron chi connectivity index (χ0n) is 10.8. The lowest BCUT2D eigenvalue weighted by molar-refractivity contribution is 0.412. The molecule has 1 atom stereocenters. The third-order valence-electron chi connectivity index (χ3n) is 3.44. The molecule has 2 N–H and O–H groups in total. The lowest BCUT2D eigenvalue weighted by Gasteiger charge is -2.12. The molecular weight excluding hydrogens is 212 g/mol. The highest BCUT2D eigenvalue weighted by Gasteiger charge is 2.13. The molecule has 1 unspecified atom stereocenters. The summed E-state index contributed by atoms with van der Waals surface area (Å²) in [4.78, 5) is 0. The van der Waals surface area contributed by atoms with Crippen molar-refractivity contribution in [3.8, 4) is 5.75 Å². The third-order valence-corrected chi connectivity index (χ3v) is 3.44. The van der Waals surface area contributed by atoms with Crippen molar-refractivity contribution in [2.24, 2.45) is 5.92 Å². The van der Waals surface area contributed by atoms with Gasteiger partial charge in [0.25, 0.3) is 0 Å². The van der Waals surface area contributed by atoms with Crippen LogP contribution in [0.5, 0.6) is 5.75 Å². The van der Waals surface area contributed by atoms with Gasteiger partial charge in [-0.25, -0.2) is 0 Å². The summed E-state index contributed by atoms with van der Waals surface area (Å²) >= 11 is 0. The molecule has 1 aromatic carbocycles. The van der Waals surface area contributed by atoms with Crippen LogP contribution in [0.25, 0.3) is 0 Å². The highest BCUT2D eigenvalue weighted by Crippen LogP contribution is 2.21. The van der Waals surface area contributed by atoms with Gasteiger partial charge >= 0.3 is 0 Å². The zero-order chi connectivity index (χ0) is 12.1. The summed E-state index contributed by atoms with van der Waals surface area (Å²) in [5.41, 5.74) is 2.37. The van der Waals surface area contributed by atoms with E-state index >= 15 is 0 Å². The van der Waals surface area contributed by atoms with Crippen LogP contribution in [0.2, 0.25) is 0 Å². The minimum atomic E-state index is 0.849. The van der Waals surface area contributed by atoms with E-state index in [0.29, 0.717) is 0 Å². The summed E-state index contributed by atoms with van der Waals surface area (Å²) in [7, 11) is 1.71. The Labute approximate surface area is 104 Å². The molecule has 1 fully saturated rings. The molecule has 0 radical (unpaired) electrons. The second-order valence-electron chi connectivity index (χ2n) is 4.76. The van der Waals surface area contributed by atoms with Crippen molar-refractivity contribution in [1.29, 1.82) is 0 Å².